The van der Waals surface area contributed by atoms with Gasteiger partial charge in [0.15, 0.2) is 0 Å². The summed E-state index contributed by atoms with van der Waals surface area (Å²) >= 11 is 11.8. The molecule has 2 aromatic carbocycles. The van der Waals surface area contributed by atoms with Gasteiger partial charge in [0.05, 0.1) is 21.4 Å². The lowest BCUT2D eigenvalue weighted by molar-refractivity contribution is -0.131. The van der Waals surface area contributed by atoms with Crippen LogP contribution in [0.5, 0.6) is 0 Å². The van der Waals surface area contributed by atoms with Crippen molar-refractivity contribution in [3.8, 4) is 11.4 Å². The number of amides is 1. The Morgan fingerprint density at radius 3 is 2.31 bits per heavy atom. The normalized spacial score (nSPS) is 15.2. The molecule has 0 spiro atoms. The summed E-state index contributed by atoms with van der Waals surface area (Å²) in [6.45, 7) is 2.78. The number of carbonyl (C=O) groups excluding carboxylic acids is 1. The zero-order valence-corrected chi connectivity index (χ0v) is 19.5. The number of aromatic nitrogens is 2. The molecule has 1 amide bonds. The molecule has 0 N–H and O–H groups in total. The molecule has 1 aliphatic rings. The number of hydrogen-bond acceptors (Lipinski definition) is 6. The fourth-order valence-electron chi connectivity index (χ4n) is 3.44. The van der Waals surface area contributed by atoms with E-state index in [1.54, 1.807) is 11.8 Å². The number of nitrogens with zero attached hydrogens (tertiary/aromatic N) is 4. The van der Waals surface area contributed by atoms with E-state index in [0.29, 0.717) is 29.8 Å². The summed E-state index contributed by atoms with van der Waals surface area (Å²) in [4.78, 5) is 18.7. The molecule has 168 valence electrons. The SMILES string of the molecule is Cc1nc(-c2ccc(CC(=O)N3CCN(S(=O)(=O)c4ccc(Cl)c(Cl)c4)CC3)cc2)no1. The van der Waals surface area contributed by atoms with Crippen molar-refractivity contribution in [1.29, 1.82) is 0 Å². The third kappa shape index (κ3) is 4.80. The predicted octanol–water partition coefficient (Wildman–Crippen LogP) is 3.43. The summed E-state index contributed by atoms with van der Waals surface area (Å²) in [7, 11) is -3.71. The Hall–Kier alpha value is -2.46. The first-order valence-corrected chi connectivity index (χ1v) is 12.1. The van der Waals surface area contributed by atoms with Gasteiger partial charge in [0, 0.05) is 38.7 Å². The second kappa shape index (κ2) is 9.19. The molecule has 0 unspecified atom stereocenters. The van der Waals surface area contributed by atoms with Crippen LogP contribution in [0.25, 0.3) is 11.4 Å². The number of halogens is 2. The van der Waals surface area contributed by atoms with Crippen LogP contribution in [-0.2, 0) is 21.2 Å². The highest BCUT2D eigenvalue weighted by Gasteiger charge is 2.30. The molecule has 3 aromatic rings. The molecule has 1 saturated heterocycles. The van der Waals surface area contributed by atoms with Crippen LogP contribution in [0.1, 0.15) is 11.5 Å². The van der Waals surface area contributed by atoms with Crippen LogP contribution < -0.4 is 0 Å². The third-order valence-electron chi connectivity index (χ3n) is 5.22. The highest BCUT2D eigenvalue weighted by atomic mass is 35.5. The zero-order chi connectivity index (χ0) is 22.9. The van der Waals surface area contributed by atoms with Gasteiger partial charge in [-0.15, -0.1) is 0 Å². The van der Waals surface area contributed by atoms with Crippen molar-refractivity contribution < 1.29 is 17.7 Å². The molecule has 0 radical (unpaired) electrons. The van der Waals surface area contributed by atoms with Gasteiger partial charge in [-0.3, -0.25) is 4.79 Å². The van der Waals surface area contributed by atoms with E-state index in [0.717, 1.165) is 11.1 Å². The van der Waals surface area contributed by atoms with Crippen molar-refractivity contribution in [1.82, 2.24) is 19.3 Å². The van der Waals surface area contributed by atoms with Gasteiger partial charge in [0.1, 0.15) is 0 Å². The first-order valence-electron chi connectivity index (χ1n) is 9.86. The lowest BCUT2D eigenvalue weighted by Gasteiger charge is -2.34. The van der Waals surface area contributed by atoms with E-state index in [-0.39, 0.29) is 35.3 Å². The van der Waals surface area contributed by atoms with Crippen LogP contribution in [-0.4, -0.2) is 59.8 Å². The second-order valence-electron chi connectivity index (χ2n) is 7.37. The van der Waals surface area contributed by atoms with Gasteiger partial charge in [-0.05, 0) is 23.8 Å². The smallest absolute Gasteiger partial charge is 0.243 e. The van der Waals surface area contributed by atoms with Gasteiger partial charge < -0.3 is 9.42 Å². The first kappa shape index (κ1) is 22.7. The van der Waals surface area contributed by atoms with Gasteiger partial charge in [0.2, 0.25) is 27.6 Å². The third-order valence-corrected chi connectivity index (χ3v) is 7.85. The Bertz CT molecular complexity index is 1240. The predicted molar refractivity (Wildman–Crippen MR) is 120 cm³/mol. The van der Waals surface area contributed by atoms with Gasteiger partial charge in [-0.25, -0.2) is 8.42 Å². The lowest BCUT2D eigenvalue weighted by atomic mass is 10.1. The Morgan fingerprint density at radius 1 is 1.03 bits per heavy atom. The molecule has 0 aliphatic carbocycles. The van der Waals surface area contributed by atoms with Gasteiger partial charge in [0.25, 0.3) is 0 Å². The number of sulfonamides is 1. The summed E-state index contributed by atoms with van der Waals surface area (Å²) in [6.07, 6.45) is 0.227. The molecule has 8 nitrogen and oxygen atoms in total. The molecule has 0 atom stereocenters. The highest BCUT2D eigenvalue weighted by Crippen LogP contribution is 2.27. The topological polar surface area (TPSA) is 96.6 Å². The minimum atomic E-state index is -3.71. The molecule has 32 heavy (non-hydrogen) atoms. The van der Waals surface area contributed by atoms with Crippen LogP contribution in [0, 0.1) is 6.92 Å². The molecular weight excluding hydrogens is 475 g/mol. The zero-order valence-electron chi connectivity index (χ0n) is 17.2. The lowest BCUT2D eigenvalue weighted by Crippen LogP contribution is -2.50. The number of piperazine rings is 1. The van der Waals surface area contributed by atoms with Crippen molar-refractivity contribution in [2.45, 2.75) is 18.2 Å². The van der Waals surface area contributed by atoms with Crippen molar-refractivity contribution in [2.24, 2.45) is 0 Å². The van der Waals surface area contributed by atoms with Crippen molar-refractivity contribution in [2.75, 3.05) is 26.2 Å². The Balaban J connectivity index is 1.35. The number of hydrogen-bond donors (Lipinski definition) is 0. The Morgan fingerprint density at radius 2 is 1.72 bits per heavy atom. The molecule has 1 aliphatic heterocycles. The van der Waals surface area contributed by atoms with E-state index < -0.39 is 10.0 Å². The van der Waals surface area contributed by atoms with E-state index in [4.69, 9.17) is 27.7 Å². The van der Waals surface area contributed by atoms with Crippen molar-refractivity contribution >= 4 is 39.1 Å². The highest BCUT2D eigenvalue weighted by molar-refractivity contribution is 7.89. The van der Waals surface area contributed by atoms with E-state index >= 15 is 0 Å². The van der Waals surface area contributed by atoms with E-state index in [9.17, 15) is 13.2 Å². The average molecular weight is 495 g/mol. The van der Waals surface area contributed by atoms with Gasteiger partial charge in [-0.2, -0.15) is 9.29 Å². The first-order chi connectivity index (χ1) is 15.2. The van der Waals surface area contributed by atoms with Crippen molar-refractivity contribution in [3.63, 3.8) is 0 Å². The van der Waals surface area contributed by atoms with Crippen LogP contribution >= 0.6 is 23.2 Å². The van der Waals surface area contributed by atoms with E-state index in [1.807, 2.05) is 24.3 Å². The summed E-state index contributed by atoms with van der Waals surface area (Å²) in [6, 6.07) is 11.6. The van der Waals surface area contributed by atoms with Crippen LogP contribution in [0.3, 0.4) is 0 Å². The largest absolute Gasteiger partial charge is 0.340 e. The van der Waals surface area contributed by atoms with Gasteiger partial charge in [-0.1, -0.05) is 52.6 Å². The van der Waals surface area contributed by atoms with Crippen LogP contribution in [0.4, 0.5) is 0 Å². The minimum Gasteiger partial charge on any atom is -0.340 e. The molecule has 0 saturated carbocycles. The summed E-state index contributed by atoms with van der Waals surface area (Å²) in [5.41, 5.74) is 1.66. The van der Waals surface area contributed by atoms with Crippen molar-refractivity contribution in [3.05, 3.63) is 64.0 Å². The van der Waals surface area contributed by atoms with Crippen LogP contribution in [0.2, 0.25) is 10.0 Å². The monoisotopic (exact) mass is 494 g/mol. The average Bonchev–Trinajstić information content (AvgIpc) is 3.22. The molecular formula is C21H20Cl2N4O4S. The number of benzene rings is 2. The summed E-state index contributed by atoms with van der Waals surface area (Å²) < 4.78 is 32.1. The quantitative estimate of drug-likeness (QED) is 0.538. The maximum Gasteiger partial charge on any atom is 0.243 e. The number of aryl methyl sites for hydroxylation is 1. The maximum atomic E-state index is 12.9. The van der Waals surface area contributed by atoms with Gasteiger partial charge >= 0.3 is 0 Å². The maximum absolute atomic E-state index is 12.9. The Kier molecular flexibility index (Phi) is 6.52. The fraction of sp³-hybridized carbons (Fsp3) is 0.286. The molecule has 4 rings (SSSR count). The summed E-state index contributed by atoms with van der Waals surface area (Å²) in [5.74, 6) is 0.930. The molecule has 1 aromatic heterocycles. The molecule has 2 heterocycles. The molecule has 11 heteroatoms. The molecule has 0 bridgehead atoms. The summed E-state index contributed by atoms with van der Waals surface area (Å²) in [5, 5.41) is 4.35. The number of rotatable bonds is 5. The minimum absolute atomic E-state index is 0.0558. The molecule has 1 fully saturated rings. The Labute approximate surface area is 195 Å². The fourth-order valence-corrected chi connectivity index (χ4v) is 5.25. The number of carbonyl (C=O) groups is 1. The standard InChI is InChI=1S/C21H20Cl2N4O4S/c1-14-24-21(25-31-14)16-4-2-15(3-5-16)12-20(28)26-8-10-27(11-9-26)32(29,30)17-6-7-18(22)19(23)13-17/h2-7,13H,8-12H2,1H3. The van der Waals surface area contributed by atoms with E-state index in [2.05, 4.69) is 10.1 Å². The van der Waals surface area contributed by atoms with E-state index in [1.165, 1.54) is 22.5 Å². The second-order valence-corrected chi connectivity index (χ2v) is 10.1. The van der Waals surface area contributed by atoms with Crippen LogP contribution in [0.15, 0.2) is 51.9 Å².